The minimum absolute atomic E-state index is 0.0697. The number of guanidine groups is 1. The number of likely N-dealkylation sites (tertiary alicyclic amines) is 1. The van der Waals surface area contributed by atoms with Gasteiger partial charge in [-0.25, -0.2) is 0 Å². The van der Waals surface area contributed by atoms with Gasteiger partial charge in [-0.15, -0.1) is 0 Å². The maximum absolute atomic E-state index is 11.7. The Bertz CT molecular complexity index is 834. The van der Waals surface area contributed by atoms with Crippen LogP contribution in [0.3, 0.4) is 0 Å². The van der Waals surface area contributed by atoms with Crippen LogP contribution in [0.5, 0.6) is 0 Å². The summed E-state index contributed by atoms with van der Waals surface area (Å²) in [4.78, 5) is 18.6. The van der Waals surface area contributed by atoms with Crippen LogP contribution >= 0.6 is 0 Å². The van der Waals surface area contributed by atoms with Gasteiger partial charge in [0.05, 0.1) is 0 Å². The molecule has 1 fully saturated rings. The highest BCUT2D eigenvalue weighted by Crippen LogP contribution is 2.20. The Hall–Kier alpha value is -2.86. The van der Waals surface area contributed by atoms with Crippen LogP contribution in [0.25, 0.3) is 0 Å². The SMILES string of the molecule is CN=C(NCc1ccc(C(=O)NC)cc1)NC1CCN(Cc2ccccc2)C(C)C1. The van der Waals surface area contributed by atoms with Crippen molar-refractivity contribution in [3.8, 4) is 0 Å². The van der Waals surface area contributed by atoms with Crippen molar-refractivity contribution in [3.63, 3.8) is 0 Å². The number of hydrogen-bond acceptors (Lipinski definition) is 3. The molecule has 0 radical (unpaired) electrons. The summed E-state index contributed by atoms with van der Waals surface area (Å²) in [6.07, 6.45) is 2.19. The molecule has 6 nitrogen and oxygen atoms in total. The fourth-order valence-corrected chi connectivity index (χ4v) is 3.90. The summed E-state index contributed by atoms with van der Waals surface area (Å²) in [5, 5.41) is 9.60. The van der Waals surface area contributed by atoms with Crippen LogP contribution in [0.2, 0.25) is 0 Å². The molecule has 160 valence electrons. The largest absolute Gasteiger partial charge is 0.355 e. The predicted octanol–water partition coefficient (Wildman–Crippen LogP) is 2.76. The average molecular weight is 408 g/mol. The van der Waals surface area contributed by atoms with E-state index < -0.39 is 0 Å². The van der Waals surface area contributed by atoms with Crippen LogP contribution < -0.4 is 16.0 Å². The van der Waals surface area contributed by atoms with Gasteiger partial charge in [-0.1, -0.05) is 42.5 Å². The van der Waals surface area contributed by atoms with Gasteiger partial charge in [-0.05, 0) is 43.0 Å². The van der Waals surface area contributed by atoms with Gasteiger partial charge < -0.3 is 16.0 Å². The molecule has 0 saturated carbocycles. The van der Waals surface area contributed by atoms with Crippen molar-refractivity contribution in [2.75, 3.05) is 20.6 Å². The lowest BCUT2D eigenvalue weighted by Gasteiger charge is -2.38. The van der Waals surface area contributed by atoms with E-state index in [0.717, 1.165) is 37.5 Å². The van der Waals surface area contributed by atoms with E-state index in [0.29, 0.717) is 24.2 Å². The molecule has 30 heavy (non-hydrogen) atoms. The molecule has 0 bridgehead atoms. The molecule has 1 saturated heterocycles. The molecule has 3 N–H and O–H groups in total. The number of rotatable bonds is 6. The summed E-state index contributed by atoms with van der Waals surface area (Å²) in [6, 6.07) is 19.2. The number of nitrogens with one attached hydrogen (secondary N) is 3. The monoisotopic (exact) mass is 407 g/mol. The van der Waals surface area contributed by atoms with Crippen LogP contribution in [-0.4, -0.2) is 49.5 Å². The molecule has 3 rings (SSSR count). The van der Waals surface area contributed by atoms with Gasteiger partial charge in [0.1, 0.15) is 0 Å². The highest BCUT2D eigenvalue weighted by atomic mass is 16.1. The van der Waals surface area contributed by atoms with Crippen molar-refractivity contribution in [1.29, 1.82) is 0 Å². The van der Waals surface area contributed by atoms with Crippen molar-refractivity contribution >= 4 is 11.9 Å². The molecule has 2 aromatic carbocycles. The lowest BCUT2D eigenvalue weighted by molar-refractivity contribution is 0.0963. The summed E-state index contributed by atoms with van der Waals surface area (Å²) in [5.41, 5.74) is 3.15. The number of carbonyl (C=O) groups is 1. The standard InChI is InChI=1S/C24H33N5O/c1-18-15-22(13-14-29(18)17-20-7-5-4-6-8-20)28-24(26-3)27-16-19-9-11-21(12-10-19)23(30)25-2/h4-12,18,22H,13-17H2,1-3H3,(H,25,30)(H2,26,27,28). The molecule has 1 aliphatic rings. The minimum Gasteiger partial charge on any atom is -0.355 e. The molecule has 1 amide bonds. The lowest BCUT2D eigenvalue weighted by Crippen LogP contribution is -2.51. The second kappa shape index (κ2) is 10.8. The van der Waals surface area contributed by atoms with E-state index in [1.807, 2.05) is 24.3 Å². The van der Waals surface area contributed by atoms with Gasteiger partial charge in [0.2, 0.25) is 0 Å². The molecule has 1 heterocycles. The number of aliphatic imine (C=N–C) groups is 1. The molecular formula is C24H33N5O. The Morgan fingerprint density at radius 1 is 1.10 bits per heavy atom. The van der Waals surface area contributed by atoms with Gasteiger partial charge in [0.15, 0.2) is 5.96 Å². The van der Waals surface area contributed by atoms with Gasteiger partial charge in [0.25, 0.3) is 5.91 Å². The normalized spacial score (nSPS) is 19.9. The molecule has 0 spiro atoms. The van der Waals surface area contributed by atoms with E-state index in [2.05, 4.69) is 63.1 Å². The minimum atomic E-state index is -0.0697. The van der Waals surface area contributed by atoms with E-state index in [9.17, 15) is 4.79 Å². The fourth-order valence-electron chi connectivity index (χ4n) is 3.90. The quantitative estimate of drug-likeness (QED) is 0.509. The van der Waals surface area contributed by atoms with E-state index >= 15 is 0 Å². The first-order valence-electron chi connectivity index (χ1n) is 10.6. The molecule has 2 atom stereocenters. The Balaban J connectivity index is 1.46. The fraction of sp³-hybridized carbons (Fsp3) is 0.417. The molecule has 2 aromatic rings. The molecule has 2 unspecified atom stereocenters. The number of piperidine rings is 1. The average Bonchev–Trinajstić information content (AvgIpc) is 2.79. The first kappa shape index (κ1) is 21.8. The van der Waals surface area contributed by atoms with Crippen LogP contribution in [0, 0.1) is 0 Å². The van der Waals surface area contributed by atoms with Gasteiger partial charge in [0, 0.05) is 51.4 Å². The second-order valence-corrected chi connectivity index (χ2v) is 7.87. The number of amides is 1. The Morgan fingerprint density at radius 3 is 2.47 bits per heavy atom. The van der Waals surface area contributed by atoms with Gasteiger partial charge in [-0.2, -0.15) is 0 Å². The number of nitrogens with zero attached hydrogens (tertiary/aromatic N) is 2. The summed E-state index contributed by atoms with van der Waals surface area (Å²) >= 11 is 0. The van der Waals surface area contributed by atoms with E-state index in [1.54, 1.807) is 14.1 Å². The number of benzene rings is 2. The maximum Gasteiger partial charge on any atom is 0.251 e. The van der Waals surface area contributed by atoms with E-state index in [-0.39, 0.29) is 5.91 Å². The first-order chi connectivity index (χ1) is 14.6. The van der Waals surface area contributed by atoms with Crippen LogP contribution in [-0.2, 0) is 13.1 Å². The van der Waals surface area contributed by atoms with Crippen molar-refractivity contribution in [2.24, 2.45) is 4.99 Å². The highest BCUT2D eigenvalue weighted by molar-refractivity contribution is 5.93. The molecule has 6 heteroatoms. The van der Waals surface area contributed by atoms with Crippen LogP contribution in [0.4, 0.5) is 0 Å². The molecule has 1 aliphatic heterocycles. The number of hydrogen-bond donors (Lipinski definition) is 3. The Kier molecular flexibility index (Phi) is 7.85. The van der Waals surface area contributed by atoms with Gasteiger partial charge in [-0.3, -0.25) is 14.7 Å². The summed E-state index contributed by atoms with van der Waals surface area (Å²) in [5.74, 6) is 0.749. The van der Waals surface area contributed by atoms with Crippen LogP contribution in [0.1, 0.15) is 41.3 Å². The van der Waals surface area contributed by atoms with Crippen molar-refractivity contribution in [1.82, 2.24) is 20.9 Å². The first-order valence-corrected chi connectivity index (χ1v) is 10.6. The van der Waals surface area contributed by atoms with Gasteiger partial charge >= 0.3 is 0 Å². The third-order valence-corrected chi connectivity index (χ3v) is 5.71. The topological polar surface area (TPSA) is 68.8 Å². The molecule has 0 aliphatic carbocycles. The second-order valence-electron chi connectivity index (χ2n) is 7.87. The zero-order valence-electron chi connectivity index (χ0n) is 18.2. The van der Waals surface area contributed by atoms with E-state index in [4.69, 9.17) is 0 Å². The van der Waals surface area contributed by atoms with Crippen LogP contribution in [0.15, 0.2) is 59.6 Å². The summed E-state index contributed by atoms with van der Waals surface area (Å²) < 4.78 is 0. The Labute approximate surface area is 179 Å². The summed E-state index contributed by atoms with van der Waals surface area (Å²) in [6.45, 7) is 5.05. The Morgan fingerprint density at radius 2 is 1.83 bits per heavy atom. The zero-order chi connectivity index (χ0) is 21.3. The third-order valence-electron chi connectivity index (χ3n) is 5.71. The summed E-state index contributed by atoms with van der Waals surface area (Å²) in [7, 11) is 3.44. The zero-order valence-corrected chi connectivity index (χ0v) is 18.2. The highest BCUT2D eigenvalue weighted by Gasteiger charge is 2.25. The van der Waals surface area contributed by atoms with Crippen molar-refractivity contribution < 1.29 is 4.79 Å². The van der Waals surface area contributed by atoms with Crippen molar-refractivity contribution in [3.05, 3.63) is 71.3 Å². The third kappa shape index (κ3) is 6.07. The smallest absolute Gasteiger partial charge is 0.251 e. The number of carbonyl (C=O) groups excluding carboxylic acids is 1. The predicted molar refractivity (Wildman–Crippen MR) is 123 cm³/mol. The molecule has 0 aromatic heterocycles. The molecular weight excluding hydrogens is 374 g/mol. The maximum atomic E-state index is 11.7. The van der Waals surface area contributed by atoms with E-state index in [1.165, 1.54) is 5.56 Å². The lowest BCUT2D eigenvalue weighted by atomic mass is 9.97. The van der Waals surface area contributed by atoms with Crippen molar-refractivity contribution in [2.45, 2.75) is 44.9 Å².